The van der Waals surface area contributed by atoms with Gasteiger partial charge in [0.15, 0.2) is 0 Å². The van der Waals surface area contributed by atoms with E-state index in [1.807, 2.05) is 0 Å². The molecule has 2 saturated carbocycles. The first-order valence-electron chi connectivity index (χ1n) is 9.11. The second-order valence-corrected chi connectivity index (χ2v) is 7.01. The molecule has 26 heavy (non-hydrogen) atoms. The molecule has 144 valence electrons. The van der Waals surface area contributed by atoms with Crippen LogP contribution in [0.2, 0.25) is 0 Å². The average molecular weight is 367 g/mol. The fourth-order valence-electron chi connectivity index (χ4n) is 4.66. The van der Waals surface area contributed by atoms with Crippen molar-refractivity contribution in [2.45, 2.75) is 45.3 Å². The van der Waals surface area contributed by atoms with Crippen LogP contribution in [-0.4, -0.2) is 64.1 Å². The van der Waals surface area contributed by atoms with E-state index in [1.54, 1.807) is 13.8 Å². The van der Waals surface area contributed by atoms with Crippen molar-refractivity contribution < 1.29 is 29.3 Å². The summed E-state index contributed by atoms with van der Waals surface area (Å²) in [5, 5.41) is 24.9. The largest absolute Gasteiger partial charge is 0.449 e. The van der Waals surface area contributed by atoms with Crippen LogP contribution in [0.3, 0.4) is 0 Å². The molecular weight excluding hydrogens is 342 g/mol. The normalized spacial score (nSPS) is 38.2. The molecule has 9 nitrogen and oxygen atoms in total. The number of likely N-dealkylation sites (tertiary alicyclic amines) is 1. The molecule has 0 aromatic heterocycles. The highest BCUT2D eigenvalue weighted by atomic mass is 16.5. The van der Waals surface area contributed by atoms with E-state index in [0.717, 1.165) is 0 Å². The van der Waals surface area contributed by atoms with E-state index in [0.29, 0.717) is 25.1 Å². The Hall–Kier alpha value is -2.00. The van der Waals surface area contributed by atoms with Gasteiger partial charge in [-0.05, 0) is 26.7 Å². The van der Waals surface area contributed by atoms with Crippen molar-refractivity contribution in [2.75, 3.05) is 13.2 Å². The lowest BCUT2D eigenvalue weighted by atomic mass is 9.60. The second-order valence-electron chi connectivity index (χ2n) is 7.01. The number of carbonyl (C=O) groups is 3. The summed E-state index contributed by atoms with van der Waals surface area (Å²) in [6, 6.07) is 0. The van der Waals surface area contributed by atoms with Gasteiger partial charge in [-0.3, -0.25) is 14.5 Å². The SMILES string of the molecule is CCOC(=O)NN=C1C[C@@H](O)[C@@H](O)[C@@H]2[C@H]3C(=O)N(CC)C(=O)[C@@H]3CC[C@@H]12. The topological polar surface area (TPSA) is 129 Å². The summed E-state index contributed by atoms with van der Waals surface area (Å²) in [6.45, 7) is 3.92. The lowest BCUT2D eigenvalue weighted by Crippen LogP contribution is -2.55. The van der Waals surface area contributed by atoms with Crippen LogP contribution in [0.15, 0.2) is 5.10 Å². The lowest BCUT2D eigenvalue weighted by molar-refractivity contribution is -0.141. The first-order chi connectivity index (χ1) is 12.4. The van der Waals surface area contributed by atoms with Crippen LogP contribution >= 0.6 is 0 Å². The molecule has 3 fully saturated rings. The number of nitrogens with zero attached hydrogens (tertiary/aromatic N) is 2. The van der Waals surface area contributed by atoms with Gasteiger partial charge in [0.25, 0.3) is 0 Å². The number of amides is 3. The lowest BCUT2D eigenvalue weighted by Gasteiger charge is -2.45. The maximum absolute atomic E-state index is 12.7. The second kappa shape index (κ2) is 7.32. The van der Waals surface area contributed by atoms with Crippen molar-refractivity contribution in [1.29, 1.82) is 0 Å². The number of carbonyl (C=O) groups excluding carboxylic acids is 3. The Morgan fingerprint density at radius 3 is 2.58 bits per heavy atom. The van der Waals surface area contributed by atoms with E-state index >= 15 is 0 Å². The molecule has 3 N–H and O–H groups in total. The molecule has 0 aromatic rings. The standard InChI is InChI=1S/C17H25N3O6/c1-3-20-15(23)9-6-5-8-10(18-19-17(25)26-4-2)7-11(21)14(22)12(8)13(9)16(20)24/h8-9,11-14,21-22H,3-7H2,1-2H3,(H,19,25)/t8-,9+,11+,12-,13-,14+/m0/s1. The fraction of sp³-hybridized carbons (Fsp3) is 0.765. The maximum atomic E-state index is 12.7. The zero-order chi connectivity index (χ0) is 19.0. The highest BCUT2D eigenvalue weighted by Gasteiger charge is 2.59. The van der Waals surface area contributed by atoms with Gasteiger partial charge in [0.2, 0.25) is 11.8 Å². The molecule has 3 rings (SSSR count). The summed E-state index contributed by atoms with van der Waals surface area (Å²) in [4.78, 5) is 37.9. The van der Waals surface area contributed by atoms with Crippen LogP contribution in [0.1, 0.15) is 33.1 Å². The molecule has 0 unspecified atom stereocenters. The Bertz CT molecular complexity index is 636. The van der Waals surface area contributed by atoms with E-state index in [-0.39, 0.29) is 30.8 Å². The monoisotopic (exact) mass is 367 g/mol. The van der Waals surface area contributed by atoms with Crippen LogP contribution in [0.5, 0.6) is 0 Å². The molecule has 9 heteroatoms. The molecule has 0 aromatic carbocycles. The summed E-state index contributed by atoms with van der Waals surface area (Å²) in [5.41, 5.74) is 2.82. The molecule has 2 aliphatic carbocycles. The van der Waals surface area contributed by atoms with Gasteiger partial charge in [-0.2, -0.15) is 5.10 Å². The molecule has 3 amide bonds. The Morgan fingerprint density at radius 1 is 1.23 bits per heavy atom. The van der Waals surface area contributed by atoms with E-state index in [1.165, 1.54) is 4.90 Å². The first kappa shape index (κ1) is 18.8. The number of hydrogen-bond donors (Lipinski definition) is 3. The van der Waals surface area contributed by atoms with Crippen molar-refractivity contribution in [3.8, 4) is 0 Å². The number of aliphatic hydroxyl groups is 2. The van der Waals surface area contributed by atoms with E-state index in [9.17, 15) is 24.6 Å². The van der Waals surface area contributed by atoms with Crippen LogP contribution in [0.4, 0.5) is 4.79 Å². The van der Waals surface area contributed by atoms with Crippen molar-refractivity contribution in [3.63, 3.8) is 0 Å². The van der Waals surface area contributed by atoms with Crippen LogP contribution in [0, 0.1) is 23.7 Å². The minimum Gasteiger partial charge on any atom is -0.449 e. The van der Waals surface area contributed by atoms with Crippen LogP contribution in [0.25, 0.3) is 0 Å². The minimum absolute atomic E-state index is 0.103. The van der Waals surface area contributed by atoms with Gasteiger partial charge >= 0.3 is 6.09 Å². The Kier molecular flexibility index (Phi) is 5.29. The summed E-state index contributed by atoms with van der Waals surface area (Å²) in [5.74, 6) is -2.46. The van der Waals surface area contributed by atoms with E-state index in [2.05, 4.69) is 10.5 Å². The zero-order valence-electron chi connectivity index (χ0n) is 14.9. The van der Waals surface area contributed by atoms with Crippen LogP contribution in [-0.2, 0) is 14.3 Å². The number of imide groups is 1. The molecule has 1 saturated heterocycles. The number of aliphatic hydroxyl groups excluding tert-OH is 2. The maximum Gasteiger partial charge on any atom is 0.427 e. The van der Waals surface area contributed by atoms with Crippen molar-refractivity contribution in [1.82, 2.24) is 10.3 Å². The molecular formula is C17H25N3O6. The Balaban J connectivity index is 1.88. The molecule has 0 bridgehead atoms. The van der Waals surface area contributed by atoms with E-state index in [4.69, 9.17) is 4.74 Å². The highest BCUT2D eigenvalue weighted by Crippen LogP contribution is 2.49. The van der Waals surface area contributed by atoms with E-state index < -0.39 is 36.1 Å². The third-order valence-corrected chi connectivity index (χ3v) is 5.75. The van der Waals surface area contributed by atoms with Gasteiger partial charge in [0.05, 0.1) is 30.7 Å². The molecule has 1 heterocycles. The van der Waals surface area contributed by atoms with Gasteiger partial charge in [0, 0.05) is 30.5 Å². The average Bonchev–Trinajstić information content (AvgIpc) is 2.87. The minimum atomic E-state index is -1.11. The summed E-state index contributed by atoms with van der Waals surface area (Å²) < 4.78 is 4.77. The van der Waals surface area contributed by atoms with Crippen LogP contribution < -0.4 is 5.43 Å². The number of rotatable bonds is 3. The molecule has 1 aliphatic heterocycles. The number of fused-ring (bicyclic) bond motifs is 3. The van der Waals surface area contributed by atoms with Gasteiger partial charge < -0.3 is 14.9 Å². The van der Waals surface area contributed by atoms with Crippen molar-refractivity contribution in [3.05, 3.63) is 0 Å². The number of ether oxygens (including phenoxy) is 1. The molecule has 3 aliphatic rings. The summed E-state index contributed by atoms with van der Waals surface area (Å²) >= 11 is 0. The molecule has 0 radical (unpaired) electrons. The zero-order valence-corrected chi connectivity index (χ0v) is 14.9. The van der Waals surface area contributed by atoms with Crippen molar-refractivity contribution >= 4 is 23.6 Å². The Labute approximate surface area is 151 Å². The predicted octanol–water partition coefficient (Wildman–Crippen LogP) is -0.139. The van der Waals surface area contributed by atoms with Crippen molar-refractivity contribution in [2.24, 2.45) is 28.8 Å². The number of hydrazone groups is 1. The molecule has 0 spiro atoms. The summed E-state index contributed by atoms with van der Waals surface area (Å²) in [7, 11) is 0. The number of hydrogen-bond acceptors (Lipinski definition) is 7. The summed E-state index contributed by atoms with van der Waals surface area (Å²) in [6.07, 6.45) is -1.72. The third kappa shape index (κ3) is 2.99. The predicted molar refractivity (Wildman–Crippen MR) is 89.8 cm³/mol. The third-order valence-electron chi connectivity index (χ3n) is 5.75. The van der Waals surface area contributed by atoms with Gasteiger partial charge in [-0.1, -0.05) is 0 Å². The molecule has 6 atom stereocenters. The fourth-order valence-corrected chi connectivity index (χ4v) is 4.66. The quantitative estimate of drug-likeness (QED) is 0.470. The highest BCUT2D eigenvalue weighted by molar-refractivity contribution is 6.06. The van der Waals surface area contributed by atoms with Gasteiger partial charge in [-0.25, -0.2) is 10.2 Å². The van der Waals surface area contributed by atoms with Gasteiger partial charge in [-0.15, -0.1) is 0 Å². The number of nitrogens with one attached hydrogen (secondary N) is 1. The first-order valence-corrected chi connectivity index (χ1v) is 9.11. The smallest absolute Gasteiger partial charge is 0.427 e. The Morgan fingerprint density at radius 2 is 1.92 bits per heavy atom. The van der Waals surface area contributed by atoms with Gasteiger partial charge in [0.1, 0.15) is 0 Å².